The van der Waals surface area contributed by atoms with Gasteiger partial charge < -0.3 is 5.11 Å². The molecule has 108 valence electrons. The lowest BCUT2D eigenvalue weighted by Crippen LogP contribution is -2.09. The highest BCUT2D eigenvalue weighted by Gasteiger charge is 2.13. The number of hydrogen-bond acceptors (Lipinski definition) is 3. The normalized spacial score (nSPS) is 12.8. The Morgan fingerprint density at radius 2 is 2.05 bits per heavy atom. The lowest BCUT2D eigenvalue weighted by atomic mass is 10.1. The van der Waals surface area contributed by atoms with Crippen molar-refractivity contribution in [1.29, 1.82) is 0 Å². The fraction of sp³-hybridized carbons (Fsp3) is 0.467. The number of aliphatic hydroxyl groups excluding tert-OH is 1. The van der Waals surface area contributed by atoms with Gasteiger partial charge in [0.2, 0.25) is 0 Å². The van der Waals surface area contributed by atoms with Crippen molar-refractivity contribution >= 4 is 11.6 Å². The maximum absolute atomic E-state index is 10.2. The predicted octanol–water partition coefficient (Wildman–Crippen LogP) is 3.57. The Bertz CT molecular complexity index is 552. The molecular formula is C15H20ClN3O. The number of pyridine rings is 1. The van der Waals surface area contributed by atoms with Gasteiger partial charge >= 0.3 is 0 Å². The van der Waals surface area contributed by atoms with Crippen molar-refractivity contribution in [2.24, 2.45) is 0 Å². The standard InChI is InChI=1S/C15H20ClN3O/c1-3-13(4-2)19-8-6-12(18-19)10-14(20)11-5-7-17-15(16)9-11/h5-9,13-14,20H,3-4,10H2,1-2H3. The number of halogens is 1. The Balaban J connectivity index is 2.06. The molecule has 0 aliphatic rings. The van der Waals surface area contributed by atoms with Gasteiger partial charge in [-0.1, -0.05) is 25.4 Å². The fourth-order valence-electron chi connectivity index (χ4n) is 2.29. The molecule has 0 aliphatic heterocycles. The predicted molar refractivity (Wildman–Crippen MR) is 79.8 cm³/mol. The zero-order valence-corrected chi connectivity index (χ0v) is 12.6. The van der Waals surface area contributed by atoms with Gasteiger partial charge in [-0.2, -0.15) is 5.10 Å². The summed E-state index contributed by atoms with van der Waals surface area (Å²) < 4.78 is 1.99. The lowest BCUT2D eigenvalue weighted by molar-refractivity contribution is 0.176. The summed E-state index contributed by atoms with van der Waals surface area (Å²) in [6.45, 7) is 4.31. The zero-order chi connectivity index (χ0) is 14.5. The van der Waals surface area contributed by atoms with E-state index in [1.54, 1.807) is 18.3 Å². The second kappa shape index (κ2) is 6.86. The molecular weight excluding hydrogens is 274 g/mol. The summed E-state index contributed by atoms with van der Waals surface area (Å²) in [4.78, 5) is 3.91. The molecule has 20 heavy (non-hydrogen) atoms. The molecule has 1 atom stereocenters. The van der Waals surface area contributed by atoms with Gasteiger partial charge in [0.15, 0.2) is 0 Å². The largest absolute Gasteiger partial charge is 0.388 e. The topological polar surface area (TPSA) is 50.9 Å². The quantitative estimate of drug-likeness (QED) is 0.828. The summed E-state index contributed by atoms with van der Waals surface area (Å²) in [5, 5.41) is 15.2. The monoisotopic (exact) mass is 293 g/mol. The number of nitrogens with zero attached hydrogens (tertiary/aromatic N) is 3. The van der Waals surface area contributed by atoms with E-state index in [0.29, 0.717) is 17.6 Å². The first-order chi connectivity index (χ1) is 9.63. The van der Waals surface area contributed by atoms with Crippen LogP contribution in [0.2, 0.25) is 5.15 Å². The van der Waals surface area contributed by atoms with Crippen LogP contribution in [0.1, 0.15) is 50.1 Å². The third kappa shape index (κ3) is 3.58. The van der Waals surface area contributed by atoms with Gasteiger partial charge in [0.1, 0.15) is 5.15 Å². The smallest absolute Gasteiger partial charge is 0.129 e. The van der Waals surface area contributed by atoms with Crippen LogP contribution in [-0.4, -0.2) is 19.9 Å². The molecule has 0 radical (unpaired) electrons. The molecule has 0 bridgehead atoms. The van der Waals surface area contributed by atoms with E-state index in [1.165, 1.54) is 0 Å². The van der Waals surface area contributed by atoms with Crippen molar-refractivity contribution in [3.8, 4) is 0 Å². The summed E-state index contributed by atoms with van der Waals surface area (Å²) >= 11 is 5.83. The summed E-state index contributed by atoms with van der Waals surface area (Å²) in [5.74, 6) is 0. The summed E-state index contributed by atoms with van der Waals surface area (Å²) in [6.07, 6.45) is 5.57. The molecule has 0 saturated heterocycles. The van der Waals surface area contributed by atoms with E-state index in [2.05, 4.69) is 23.9 Å². The van der Waals surface area contributed by atoms with Crippen LogP contribution in [0.15, 0.2) is 30.6 Å². The van der Waals surface area contributed by atoms with E-state index in [0.717, 1.165) is 24.1 Å². The molecule has 2 aromatic heterocycles. The van der Waals surface area contributed by atoms with Gasteiger partial charge in [-0.15, -0.1) is 0 Å². The fourth-order valence-corrected chi connectivity index (χ4v) is 2.48. The van der Waals surface area contributed by atoms with Crippen LogP contribution < -0.4 is 0 Å². The van der Waals surface area contributed by atoms with Gasteiger partial charge in [-0.3, -0.25) is 4.68 Å². The number of aliphatic hydroxyl groups is 1. The molecule has 0 amide bonds. The van der Waals surface area contributed by atoms with Gasteiger partial charge in [0.05, 0.1) is 17.8 Å². The molecule has 2 rings (SSSR count). The Hall–Kier alpha value is -1.39. The molecule has 0 fully saturated rings. The van der Waals surface area contributed by atoms with Crippen LogP contribution in [0.4, 0.5) is 0 Å². The van der Waals surface area contributed by atoms with Gasteiger partial charge in [0.25, 0.3) is 0 Å². The second-order valence-electron chi connectivity index (χ2n) is 4.89. The van der Waals surface area contributed by atoms with E-state index < -0.39 is 6.10 Å². The molecule has 0 saturated carbocycles. The number of aromatic nitrogens is 3. The highest BCUT2D eigenvalue weighted by atomic mass is 35.5. The van der Waals surface area contributed by atoms with Crippen molar-refractivity contribution in [2.75, 3.05) is 0 Å². The first-order valence-corrected chi connectivity index (χ1v) is 7.35. The molecule has 4 nitrogen and oxygen atoms in total. The highest BCUT2D eigenvalue weighted by Crippen LogP contribution is 2.21. The number of rotatable bonds is 6. The van der Waals surface area contributed by atoms with E-state index >= 15 is 0 Å². The summed E-state index contributed by atoms with van der Waals surface area (Å²) in [7, 11) is 0. The SMILES string of the molecule is CCC(CC)n1ccc(CC(O)c2ccnc(Cl)c2)n1. The molecule has 1 unspecified atom stereocenters. The van der Waals surface area contributed by atoms with E-state index in [9.17, 15) is 5.11 Å². The second-order valence-corrected chi connectivity index (χ2v) is 5.28. The van der Waals surface area contributed by atoms with Crippen molar-refractivity contribution in [3.05, 3.63) is 47.0 Å². The molecule has 5 heteroatoms. The van der Waals surface area contributed by atoms with Crippen LogP contribution in [0.3, 0.4) is 0 Å². The van der Waals surface area contributed by atoms with Crippen molar-refractivity contribution in [3.63, 3.8) is 0 Å². The minimum atomic E-state index is -0.611. The van der Waals surface area contributed by atoms with Crippen LogP contribution in [0.25, 0.3) is 0 Å². The molecule has 1 N–H and O–H groups in total. The average molecular weight is 294 g/mol. The van der Waals surface area contributed by atoms with Crippen LogP contribution in [-0.2, 0) is 6.42 Å². The Kier molecular flexibility index (Phi) is 5.15. The van der Waals surface area contributed by atoms with Crippen LogP contribution >= 0.6 is 11.6 Å². The van der Waals surface area contributed by atoms with E-state index in [-0.39, 0.29) is 0 Å². The van der Waals surface area contributed by atoms with E-state index in [1.807, 2.05) is 16.9 Å². The lowest BCUT2D eigenvalue weighted by Gasteiger charge is -2.13. The Labute approximate surface area is 124 Å². The van der Waals surface area contributed by atoms with E-state index in [4.69, 9.17) is 11.6 Å². The summed E-state index contributed by atoms with van der Waals surface area (Å²) in [5.41, 5.74) is 1.65. The minimum absolute atomic E-state index is 0.393. The molecule has 0 aromatic carbocycles. The maximum atomic E-state index is 10.2. The number of hydrogen-bond donors (Lipinski definition) is 1. The average Bonchev–Trinajstić information content (AvgIpc) is 2.88. The minimum Gasteiger partial charge on any atom is -0.388 e. The first-order valence-electron chi connectivity index (χ1n) is 6.97. The highest BCUT2D eigenvalue weighted by molar-refractivity contribution is 6.29. The van der Waals surface area contributed by atoms with Crippen molar-refractivity contribution < 1.29 is 5.11 Å². The van der Waals surface area contributed by atoms with Crippen LogP contribution in [0.5, 0.6) is 0 Å². The summed E-state index contributed by atoms with van der Waals surface area (Å²) in [6, 6.07) is 5.85. The molecule has 2 aromatic rings. The van der Waals surface area contributed by atoms with Crippen molar-refractivity contribution in [1.82, 2.24) is 14.8 Å². The van der Waals surface area contributed by atoms with Gasteiger partial charge in [-0.05, 0) is 36.6 Å². The van der Waals surface area contributed by atoms with Gasteiger partial charge in [0, 0.05) is 18.8 Å². The Morgan fingerprint density at radius 1 is 1.30 bits per heavy atom. The molecule has 2 heterocycles. The van der Waals surface area contributed by atoms with Gasteiger partial charge in [-0.25, -0.2) is 4.98 Å². The third-order valence-corrected chi connectivity index (χ3v) is 3.72. The van der Waals surface area contributed by atoms with Crippen molar-refractivity contribution in [2.45, 2.75) is 45.3 Å². The third-order valence-electron chi connectivity index (χ3n) is 3.52. The molecule has 0 spiro atoms. The first kappa shape index (κ1) is 15.0. The zero-order valence-electron chi connectivity index (χ0n) is 11.8. The maximum Gasteiger partial charge on any atom is 0.129 e. The Morgan fingerprint density at radius 3 is 2.70 bits per heavy atom. The molecule has 0 aliphatic carbocycles. The van der Waals surface area contributed by atoms with Crippen LogP contribution in [0, 0.1) is 0 Å².